The topological polar surface area (TPSA) is 32.3 Å². The zero-order valence-corrected chi connectivity index (χ0v) is 8.83. The number of rotatable bonds is 4. The molecule has 2 N–H and O–H groups in total. The molecule has 1 saturated carbocycles. The summed E-state index contributed by atoms with van der Waals surface area (Å²) in [5.74, 6) is -0.244. The molecule has 1 aromatic rings. The lowest BCUT2D eigenvalue weighted by Gasteiger charge is -2.18. The highest BCUT2D eigenvalue weighted by molar-refractivity contribution is 5.30. The van der Waals surface area contributed by atoms with E-state index in [2.05, 4.69) is 5.32 Å². The van der Waals surface area contributed by atoms with E-state index in [1.165, 1.54) is 12.1 Å². The molecule has 3 heteroatoms. The minimum absolute atomic E-state index is 0.0147. The molecule has 0 amide bonds. The maximum Gasteiger partial charge on any atom is 0.123 e. The molecule has 2 rings (SSSR count). The summed E-state index contributed by atoms with van der Waals surface area (Å²) in [4.78, 5) is 0. The van der Waals surface area contributed by atoms with Crippen LogP contribution in [0.15, 0.2) is 18.2 Å². The molecule has 0 aromatic heterocycles. The molecule has 0 bridgehead atoms. The van der Waals surface area contributed by atoms with Gasteiger partial charge in [-0.2, -0.15) is 0 Å². The van der Waals surface area contributed by atoms with Gasteiger partial charge in [0, 0.05) is 6.04 Å². The van der Waals surface area contributed by atoms with Crippen LogP contribution in [0.1, 0.15) is 30.0 Å². The van der Waals surface area contributed by atoms with Crippen LogP contribution in [0.5, 0.6) is 0 Å². The van der Waals surface area contributed by atoms with Gasteiger partial charge in [0.05, 0.1) is 12.6 Å². The first-order chi connectivity index (χ1) is 7.20. The first-order valence-electron chi connectivity index (χ1n) is 5.33. The van der Waals surface area contributed by atoms with E-state index >= 15 is 0 Å². The number of hydrogen-bond acceptors (Lipinski definition) is 2. The van der Waals surface area contributed by atoms with Crippen molar-refractivity contribution in [2.24, 2.45) is 0 Å². The second kappa shape index (κ2) is 4.29. The zero-order valence-electron chi connectivity index (χ0n) is 8.83. The van der Waals surface area contributed by atoms with E-state index in [9.17, 15) is 9.50 Å². The van der Waals surface area contributed by atoms with Crippen LogP contribution in [-0.4, -0.2) is 17.8 Å². The summed E-state index contributed by atoms with van der Waals surface area (Å²) in [6.45, 7) is 1.95. The Morgan fingerprint density at radius 1 is 1.53 bits per heavy atom. The second-order valence-electron chi connectivity index (χ2n) is 4.18. The van der Waals surface area contributed by atoms with Crippen LogP contribution in [0.4, 0.5) is 4.39 Å². The molecule has 2 nitrogen and oxygen atoms in total. The molecular formula is C12H16FNO. The molecule has 1 aliphatic carbocycles. The van der Waals surface area contributed by atoms with Gasteiger partial charge in [-0.15, -0.1) is 0 Å². The molecule has 0 aliphatic heterocycles. The summed E-state index contributed by atoms with van der Waals surface area (Å²) >= 11 is 0. The lowest BCUT2D eigenvalue weighted by atomic mass is 10.0. The van der Waals surface area contributed by atoms with Crippen LogP contribution in [0.25, 0.3) is 0 Å². The second-order valence-corrected chi connectivity index (χ2v) is 4.18. The third-order valence-corrected chi connectivity index (χ3v) is 2.81. The van der Waals surface area contributed by atoms with Crippen LogP contribution in [-0.2, 0) is 0 Å². The predicted octanol–water partition coefficient (Wildman–Crippen LogP) is 1.92. The maximum absolute atomic E-state index is 13.1. The minimum Gasteiger partial charge on any atom is -0.394 e. The first kappa shape index (κ1) is 10.6. The Morgan fingerprint density at radius 3 is 2.87 bits per heavy atom. The van der Waals surface area contributed by atoms with Gasteiger partial charge in [-0.3, -0.25) is 0 Å². The molecule has 82 valence electrons. The van der Waals surface area contributed by atoms with E-state index < -0.39 is 0 Å². The molecule has 1 fully saturated rings. The third-order valence-electron chi connectivity index (χ3n) is 2.81. The number of aryl methyl sites for hydroxylation is 1. The number of aliphatic hydroxyl groups excluding tert-OH is 1. The highest BCUT2D eigenvalue weighted by Gasteiger charge is 2.25. The highest BCUT2D eigenvalue weighted by atomic mass is 19.1. The summed E-state index contributed by atoms with van der Waals surface area (Å²) < 4.78 is 13.1. The number of aliphatic hydroxyl groups is 1. The predicted molar refractivity (Wildman–Crippen MR) is 57.1 cm³/mol. The summed E-state index contributed by atoms with van der Waals surface area (Å²) in [6.07, 6.45) is 2.32. The molecular weight excluding hydrogens is 193 g/mol. The third kappa shape index (κ3) is 2.55. The van der Waals surface area contributed by atoms with Crippen molar-refractivity contribution in [3.8, 4) is 0 Å². The fourth-order valence-electron chi connectivity index (χ4n) is 1.76. The van der Waals surface area contributed by atoms with Crippen LogP contribution in [0.3, 0.4) is 0 Å². The minimum atomic E-state index is -0.244. The smallest absolute Gasteiger partial charge is 0.123 e. The zero-order chi connectivity index (χ0) is 10.8. The van der Waals surface area contributed by atoms with E-state index in [4.69, 9.17) is 0 Å². The van der Waals surface area contributed by atoms with Crippen molar-refractivity contribution in [3.63, 3.8) is 0 Å². The van der Waals surface area contributed by atoms with Gasteiger partial charge in [-0.25, -0.2) is 4.39 Å². The van der Waals surface area contributed by atoms with Gasteiger partial charge in [0.2, 0.25) is 0 Å². The lowest BCUT2D eigenvalue weighted by molar-refractivity contribution is 0.242. The Morgan fingerprint density at radius 2 is 2.27 bits per heavy atom. The molecule has 1 aliphatic rings. The van der Waals surface area contributed by atoms with E-state index in [0.29, 0.717) is 6.04 Å². The van der Waals surface area contributed by atoms with Crippen LogP contribution in [0, 0.1) is 12.7 Å². The summed E-state index contributed by atoms with van der Waals surface area (Å²) in [5, 5.41) is 12.6. The SMILES string of the molecule is Cc1ccc(F)cc1C(CO)NC1CC1. The highest BCUT2D eigenvalue weighted by Crippen LogP contribution is 2.25. The molecule has 1 atom stereocenters. The number of halogens is 1. The molecule has 0 spiro atoms. The van der Waals surface area contributed by atoms with Crippen LogP contribution >= 0.6 is 0 Å². The Hall–Kier alpha value is -0.930. The standard InChI is InChI=1S/C12H16FNO/c1-8-2-3-9(13)6-11(8)12(7-15)14-10-4-5-10/h2-3,6,10,12,14-15H,4-5,7H2,1H3. The Balaban J connectivity index is 2.19. The van der Waals surface area contributed by atoms with Gasteiger partial charge in [-0.1, -0.05) is 6.07 Å². The van der Waals surface area contributed by atoms with E-state index in [1.54, 1.807) is 6.07 Å². The van der Waals surface area contributed by atoms with Crippen molar-refractivity contribution >= 4 is 0 Å². The lowest BCUT2D eigenvalue weighted by Crippen LogP contribution is -2.27. The largest absolute Gasteiger partial charge is 0.394 e. The fraction of sp³-hybridized carbons (Fsp3) is 0.500. The molecule has 0 heterocycles. The van der Waals surface area contributed by atoms with Crippen molar-refractivity contribution < 1.29 is 9.50 Å². The fourth-order valence-corrected chi connectivity index (χ4v) is 1.76. The molecule has 1 aromatic carbocycles. The molecule has 0 radical (unpaired) electrons. The monoisotopic (exact) mass is 209 g/mol. The van der Waals surface area contributed by atoms with E-state index in [1.807, 2.05) is 6.92 Å². The van der Waals surface area contributed by atoms with Crippen molar-refractivity contribution in [1.29, 1.82) is 0 Å². The average molecular weight is 209 g/mol. The van der Waals surface area contributed by atoms with Crippen molar-refractivity contribution in [3.05, 3.63) is 35.1 Å². The number of nitrogens with one attached hydrogen (secondary N) is 1. The van der Waals surface area contributed by atoms with Crippen molar-refractivity contribution in [2.45, 2.75) is 31.8 Å². The van der Waals surface area contributed by atoms with Gasteiger partial charge < -0.3 is 10.4 Å². The van der Waals surface area contributed by atoms with E-state index in [-0.39, 0.29) is 18.5 Å². The number of benzene rings is 1. The van der Waals surface area contributed by atoms with E-state index in [0.717, 1.165) is 24.0 Å². The normalized spacial score (nSPS) is 17.8. The van der Waals surface area contributed by atoms with Gasteiger partial charge in [0.1, 0.15) is 5.82 Å². The summed E-state index contributed by atoms with van der Waals surface area (Å²) in [5.41, 5.74) is 1.88. The Bertz CT molecular complexity index is 349. The molecule has 1 unspecified atom stereocenters. The van der Waals surface area contributed by atoms with Crippen molar-refractivity contribution in [1.82, 2.24) is 5.32 Å². The average Bonchev–Trinajstić information content (AvgIpc) is 3.02. The van der Waals surface area contributed by atoms with Gasteiger partial charge in [0.15, 0.2) is 0 Å². The first-order valence-corrected chi connectivity index (χ1v) is 5.33. The summed E-state index contributed by atoms with van der Waals surface area (Å²) in [7, 11) is 0. The number of hydrogen-bond donors (Lipinski definition) is 2. The maximum atomic E-state index is 13.1. The molecule has 0 saturated heterocycles. The van der Waals surface area contributed by atoms with Crippen molar-refractivity contribution in [2.75, 3.05) is 6.61 Å². The summed E-state index contributed by atoms with van der Waals surface area (Å²) in [6, 6.07) is 5.08. The Kier molecular flexibility index (Phi) is 3.03. The van der Waals surface area contributed by atoms with Crippen LogP contribution in [0.2, 0.25) is 0 Å². The van der Waals surface area contributed by atoms with Gasteiger partial charge >= 0.3 is 0 Å². The Labute approximate surface area is 89.1 Å². The van der Waals surface area contributed by atoms with Gasteiger partial charge in [0.25, 0.3) is 0 Å². The van der Waals surface area contributed by atoms with Gasteiger partial charge in [-0.05, 0) is 43.0 Å². The quantitative estimate of drug-likeness (QED) is 0.794. The molecule has 15 heavy (non-hydrogen) atoms. The van der Waals surface area contributed by atoms with Crippen LogP contribution < -0.4 is 5.32 Å².